The standard InChI is InChI=1S/Ba.Ca.Mg.Sr.8H/q4*+2;8*-1. The first-order chi connectivity index (χ1) is 0. The van der Waals surface area contributed by atoms with Crippen molar-refractivity contribution in [2.45, 2.75) is 0 Å². The van der Waals surface area contributed by atoms with Gasteiger partial charge in [0.15, 0.2) is 0 Å². The number of hydrogen-bond donors (Lipinski definition) is 0. The summed E-state index contributed by atoms with van der Waals surface area (Å²) in [6, 6.07) is 0. The Kier molecular flexibility index (Phi) is 90.1. The first-order valence-corrected chi connectivity index (χ1v) is 0. The van der Waals surface area contributed by atoms with Crippen LogP contribution in [0.4, 0.5) is 0 Å². The van der Waals surface area contributed by atoms with Gasteiger partial charge in [0.2, 0.25) is 0 Å². The smallest absolute Gasteiger partial charge is 1.00 e. The van der Waals surface area contributed by atoms with Gasteiger partial charge in [-0.15, -0.1) is 0 Å². The zero-order chi connectivity index (χ0) is 0. The van der Waals surface area contributed by atoms with E-state index in [2.05, 4.69) is 0 Å². The van der Waals surface area contributed by atoms with Gasteiger partial charge in [-0.3, -0.25) is 0 Å². The zero-order valence-electron chi connectivity index (χ0n) is 10.8. The molecule has 0 spiro atoms. The summed E-state index contributed by atoms with van der Waals surface area (Å²) in [5.74, 6) is 0. The molecular weight excluding hydrogens is 289 g/mol. The van der Waals surface area contributed by atoms with Gasteiger partial charge in [0.1, 0.15) is 0 Å². The van der Waals surface area contributed by atoms with Gasteiger partial charge in [0.05, 0.1) is 0 Å². The summed E-state index contributed by atoms with van der Waals surface area (Å²) in [6.45, 7) is 0. The molecule has 0 aromatic heterocycles. The zero-order valence-corrected chi connectivity index (χ0v) is 14.4. The molecule has 0 aromatic carbocycles. The Morgan fingerprint density at radius 3 is 1.25 bits per heavy atom. The molecule has 0 heterocycles. The van der Waals surface area contributed by atoms with Crippen LogP contribution in [0.1, 0.15) is 11.4 Å². The second kappa shape index (κ2) is 15.7. The van der Waals surface area contributed by atoms with Gasteiger partial charge in [0.25, 0.3) is 0 Å². The molecule has 0 nitrogen and oxygen atoms in total. The van der Waals surface area contributed by atoms with Crippen LogP contribution < -0.4 is 0 Å². The van der Waals surface area contributed by atoms with E-state index in [-0.39, 0.29) is 167 Å². The molecule has 16 valence electrons. The normalized spacial score (nSPS) is 0. The Bertz CT molecular complexity index is 19.0. The summed E-state index contributed by atoms with van der Waals surface area (Å²) >= 11 is 0. The van der Waals surface area contributed by atoms with E-state index in [1.807, 2.05) is 0 Å². The summed E-state index contributed by atoms with van der Waals surface area (Å²) in [4.78, 5) is 0. The van der Waals surface area contributed by atoms with Gasteiger partial charge in [0, 0.05) is 0 Å². The summed E-state index contributed by atoms with van der Waals surface area (Å²) < 4.78 is 0. The first-order valence-electron chi connectivity index (χ1n) is 0. The molecule has 4 heavy (non-hydrogen) atoms. The third kappa shape index (κ3) is 10.1. The molecule has 0 amide bonds. The van der Waals surface area contributed by atoms with Crippen LogP contribution in [0.3, 0.4) is 0 Å². The largest absolute Gasteiger partial charge is 2.00 e. The second-order valence-electron chi connectivity index (χ2n) is 0. The van der Waals surface area contributed by atoms with E-state index in [0.717, 1.165) is 0 Å². The van der Waals surface area contributed by atoms with Crippen molar-refractivity contribution in [3.05, 3.63) is 0 Å². The molecule has 0 unspecified atom stereocenters. The van der Waals surface area contributed by atoms with E-state index < -0.39 is 0 Å². The van der Waals surface area contributed by atoms with E-state index in [9.17, 15) is 0 Å². The van der Waals surface area contributed by atoms with Crippen molar-refractivity contribution in [2.24, 2.45) is 0 Å². The van der Waals surface area contributed by atoms with Crippen molar-refractivity contribution in [3.8, 4) is 0 Å². The summed E-state index contributed by atoms with van der Waals surface area (Å²) in [5, 5.41) is 0. The Morgan fingerprint density at radius 1 is 1.25 bits per heavy atom. The first kappa shape index (κ1) is 23.0. The SMILES string of the molecule is [Ba+2].[Ca+2].[H-].[H-].[H-].[H-].[H-].[H-].[H-].[H-].[Mg+2].[Sr+2]. The van der Waals surface area contributed by atoms with Crippen molar-refractivity contribution in [2.75, 3.05) is 0 Å². The third-order valence-electron chi connectivity index (χ3n) is 0. The molecule has 4 heteroatoms. The predicted molar refractivity (Wildman–Crippen MR) is 31.9 cm³/mol. The average molecular weight is 297 g/mol. The van der Waals surface area contributed by atoms with Crippen molar-refractivity contribution < 1.29 is 11.4 Å². The van der Waals surface area contributed by atoms with E-state index in [1.165, 1.54) is 0 Å². The summed E-state index contributed by atoms with van der Waals surface area (Å²) in [6.07, 6.45) is 0. The van der Waals surface area contributed by atoms with Crippen LogP contribution in [0.2, 0.25) is 0 Å². The molecule has 0 atom stereocenters. The Labute approximate surface area is 162 Å². The van der Waals surface area contributed by atoms with Gasteiger partial charge < -0.3 is 11.4 Å². The van der Waals surface area contributed by atoms with Crippen LogP contribution >= 0.6 is 0 Å². The van der Waals surface area contributed by atoms with Crippen molar-refractivity contribution in [3.63, 3.8) is 0 Å². The molecule has 0 aliphatic rings. The van der Waals surface area contributed by atoms with E-state index in [4.69, 9.17) is 0 Å². The van der Waals surface area contributed by atoms with Crippen LogP contribution in [-0.4, -0.2) is 155 Å². The van der Waals surface area contributed by atoms with E-state index >= 15 is 0 Å². The average Bonchev–Trinajstić information content (AvgIpc) is 0. The fraction of sp³-hybridized carbons (Fsp3) is 0. The molecule has 0 saturated carbocycles. The molecule has 0 rings (SSSR count). The minimum absolute atomic E-state index is 0. The number of hydrogen-bond acceptors (Lipinski definition) is 0. The van der Waals surface area contributed by atoms with Crippen LogP contribution in [0.15, 0.2) is 0 Å². The molecule has 0 fully saturated rings. The fourth-order valence-corrected chi connectivity index (χ4v) is 0. The van der Waals surface area contributed by atoms with E-state index in [0.29, 0.717) is 0 Å². The second-order valence-corrected chi connectivity index (χ2v) is 0. The molecule has 0 aliphatic heterocycles. The van der Waals surface area contributed by atoms with Crippen molar-refractivity contribution in [1.82, 2.24) is 0 Å². The maximum Gasteiger partial charge on any atom is 2.00 e. The Balaban J connectivity index is 0. The third-order valence-corrected chi connectivity index (χ3v) is 0. The van der Waals surface area contributed by atoms with Gasteiger partial charge in [-0.2, -0.15) is 0 Å². The van der Waals surface area contributed by atoms with Crippen LogP contribution in [0.25, 0.3) is 0 Å². The number of rotatable bonds is 0. The van der Waals surface area contributed by atoms with Crippen LogP contribution in [0, 0.1) is 0 Å². The Morgan fingerprint density at radius 2 is 1.25 bits per heavy atom. The fourth-order valence-electron chi connectivity index (χ4n) is 0. The van der Waals surface area contributed by atoms with Crippen molar-refractivity contribution >= 4 is 155 Å². The van der Waals surface area contributed by atoms with Gasteiger partial charge >= 0.3 is 155 Å². The van der Waals surface area contributed by atoms with Gasteiger partial charge in [-0.1, -0.05) is 0 Å². The predicted octanol–water partition coefficient (Wildman–Crippen LogP) is -0.623. The molecular formula is H8BaCaMgSr. The maximum atomic E-state index is 0. The molecule has 0 bridgehead atoms. The molecule has 0 N–H and O–H groups in total. The molecule has 0 aliphatic carbocycles. The van der Waals surface area contributed by atoms with Crippen molar-refractivity contribution in [1.29, 1.82) is 0 Å². The monoisotopic (exact) mass is 298 g/mol. The minimum Gasteiger partial charge on any atom is -1.00 e. The Hall–Kier alpha value is 5.08. The molecule has 0 saturated heterocycles. The molecule has 0 aromatic rings. The van der Waals surface area contributed by atoms with E-state index in [1.54, 1.807) is 0 Å². The summed E-state index contributed by atoms with van der Waals surface area (Å²) in [5.41, 5.74) is 0. The topological polar surface area (TPSA) is 0 Å². The summed E-state index contributed by atoms with van der Waals surface area (Å²) in [7, 11) is 0. The quantitative estimate of drug-likeness (QED) is 0.523. The molecule has 0 radical (unpaired) electrons. The van der Waals surface area contributed by atoms with Crippen LogP contribution in [0.5, 0.6) is 0 Å². The van der Waals surface area contributed by atoms with Crippen LogP contribution in [-0.2, 0) is 0 Å². The van der Waals surface area contributed by atoms with Gasteiger partial charge in [-0.25, -0.2) is 0 Å². The van der Waals surface area contributed by atoms with Gasteiger partial charge in [-0.05, 0) is 0 Å². The maximum absolute atomic E-state index is 0. The minimum atomic E-state index is 0.